The Hall–Kier alpha value is -2.03. The molecule has 0 atom stereocenters. The van der Waals surface area contributed by atoms with Gasteiger partial charge in [-0.1, -0.05) is 0 Å². The van der Waals surface area contributed by atoms with E-state index in [0.29, 0.717) is 19.0 Å². The van der Waals surface area contributed by atoms with Crippen molar-refractivity contribution in [3.8, 4) is 0 Å². The first-order valence-electron chi connectivity index (χ1n) is 10.8. The Morgan fingerprint density at radius 1 is 0.966 bits per heavy atom. The normalized spacial score (nSPS) is 18.7. The summed E-state index contributed by atoms with van der Waals surface area (Å²) in [5.41, 5.74) is -0.462. The summed E-state index contributed by atoms with van der Waals surface area (Å²) in [6, 6.07) is 0. The summed E-state index contributed by atoms with van der Waals surface area (Å²) in [5.74, 6) is 0.769. The van der Waals surface area contributed by atoms with Crippen LogP contribution in [-0.4, -0.2) is 104 Å². The standard InChI is InChI=1S/C20H38N6O3/c1-5-21-18(23-16-17(27)25-9-6-7-10-25)22-8-11-24-12-14-26(15-13-24)19(28)29-20(2,3)4/h5-16H2,1-4H3,(H2,21,22,23). The fourth-order valence-corrected chi connectivity index (χ4v) is 3.37. The number of amides is 2. The maximum Gasteiger partial charge on any atom is 0.410 e. The largest absolute Gasteiger partial charge is 0.444 e. The van der Waals surface area contributed by atoms with Gasteiger partial charge in [0.1, 0.15) is 12.1 Å². The van der Waals surface area contributed by atoms with Crippen LogP contribution in [0.3, 0.4) is 0 Å². The molecule has 2 rings (SSSR count). The van der Waals surface area contributed by atoms with Crippen molar-refractivity contribution in [2.24, 2.45) is 4.99 Å². The number of hydrogen-bond donors (Lipinski definition) is 2. The van der Waals surface area contributed by atoms with Crippen molar-refractivity contribution in [1.82, 2.24) is 25.3 Å². The van der Waals surface area contributed by atoms with Crippen LogP contribution in [0.1, 0.15) is 40.5 Å². The van der Waals surface area contributed by atoms with Crippen LogP contribution in [-0.2, 0) is 9.53 Å². The smallest absolute Gasteiger partial charge is 0.410 e. The zero-order chi connectivity index (χ0) is 21.3. The molecule has 2 fully saturated rings. The van der Waals surface area contributed by atoms with Gasteiger partial charge in [-0.3, -0.25) is 9.69 Å². The minimum absolute atomic E-state index is 0.0953. The minimum atomic E-state index is -0.462. The molecule has 2 aliphatic rings. The molecule has 0 aromatic carbocycles. The predicted molar refractivity (Wildman–Crippen MR) is 114 cm³/mol. The highest BCUT2D eigenvalue weighted by atomic mass is 16.6. The number of nitrogens with one attached hydrogen (secondary N) is 2. The molecule has 0 bridgehead atoms. The second-order valence-corrected chi connectivity index (χ2v) is 8.52. The highest BCUT2D eigenvalue weighted by molar-refractivity contribution is 5.85. The van der Waals surface area contributed by atoms with E-state index in [4.69, 9.17) is 4.74 Å². The fraction of sp³-hybridized carbons (Fsp3) is 0.850. The van der Waals surface area contributed by atoms with Gasteiger partial charge in [-0.05, 0) is 40.5 Å². The second-order valence-electron chi connectivity index (χ2n) is 8.52. The van der Waals surface area contributed by atoms with Crippen molar-refractivity contribution >= 4 is 18.0 Å². The van der Waals surface area contributed by atoms with Crippen LogP contribution in [0, 0.1) is 0 Å². The molecular weight excluding hydrogens is 372 g/mol. The summed E-state index contributed by atoms with van der Waals surface area (Å²) in [6.07, 6.45) is 1.95. The maximum atomic E-state index is 12.2. The van der Waals surface area contributed by atoms with Crippen LogP contribution >= 0.6 is 0 Å². The lowest BCUT2D eigenvalue weighted by molar-refractivity contribution is -0.128. The van der Waals surface area contributed by atoms with Crippen LogP contribution < -0.4 is 10.6 Å². The van der Waals surface area contributed by atoms with E-state index in [1.54, 1.807) is 4.90 Å². The number of nitrogens with zero attached hydrogens (tertiary/aromatic N) is 4. The number of guanidine groups is 1. The molecule has 29 heavy (non-hydrogen) atoms. The van der Waals surface area contributed by atoms with E-state index < -0.39 is 5.60 Å². The Morgan fingerprint density at radius 3 is 2.21 bits per heavy atom. The second kappa shape index (κ2) is 11.2. The summed E-state index contributed by atoms with van der Waals surface area (Å²) >= 11 is 0. The summed E-state index contributed by atoms with van der Waals surface area (Å²) in [4.78, 5) is 34.7. The van der Waals surface area contributed by atoms with Gasteiger partial charge in [0.15, 0.2) is 5.96 Å². The van der Waals surface area contributed by atoms with E-state index in [1.165, 1.54) is 0 Å². The van der Waals surface area contributed by atoms with E-state index in [0.717, 1.165) is 58.7 Å². The molecule has 0 spiro atoms. The van der Waals surface area contributed by atoms with Gasteiger partial charge in [-0.2, -0.15) is 0 Å². The van der Waals surface area contributed by atoms with Gasteiger partial charge in [0.2, 0.25) is 5.91 Å². The number of ether oxygens (including phenoxy) is 1. The van der Waals surface area contributed by atoms with Gasteiger partial charge in [0.05, 0.1) is 0 Å². The van der Waals surface area contributed by atoms with Crippen LogP contribution in [0.4, 0.5) is 4.79 Å². The van der Waals surface area contributed by atoms with Crippen molar-refractivity contribution in [3.63, 3.8) is 0 Å². The average Bonchev–Trinajstić information content (AvgIpc) is 3.20. The quantitative estimate of drug-likeness (QED) is 0.495. The van der Waals surface area contributed by atoms with Crippen molar-refractivity contribution in [2.45, 2.75) is 46.1 Å². The van der Waals surface area contributed by atoms with Crippen LogP contribution in [0.5, 0.6) is 0 Å². The lowest BCUT2D eigenvalue weighted by atomic mass is 10.2. The number of aliphatic imine (C=N–C) groups is 1. The van der Waals surface area contributed by atoms with Crippen LogP contribution in [0.15, 0.2) is 4.99 Å². The Labute approximate surface area is 174 Å². The van der Waals surface area contributed by atoms with Crippen molar-refractivity contribution in [3.05, 3.63) is 0 Å². The zero-order valence-electron chi connectivity index (χ0n) is 18.5. The molecule has 0 unspecified atom stereocenters. The molecule has 0 aromatic heterocycles. The molecule has 0 aliphatic carbocycles. The van der Waals surface area contributed by atoms with Gasteiger partial charge in [0, 0.05) is 58.9 Å². The van der Waals surface area contributed by atoms with Gasteiger partial charge >= 0.3 is 6.09 Å². The maximum absolute atomic E-state index is 12.2. The highest BCUT2D eigenvalue weighted by Crippen LogP contribution is 2.11. The third-order valence-corrected chi connectivity index (χ3v) is 4.92. The first-order chi connectivity index (χ1) is 13.8. The molecule has 2 aliphatic heterocycles. The number of likely N-dealkylation sites (tertiary alicyclic amines) is 1. The zero-order valence-corrected chi connectivity index (χ0v) is 18.5. The van der Waals surface area contributed by atoms with Gasteiger partial charge in [0.25, 0.3) is 0 Å². The predicted octanol–water partition coefficient (Wildman–Crippen LogP) is 0.717. The van der Waals surface area contributed by atoms with Crippen molar-refractivity contribution in [2.75, 3.05) is 65.4 Å². The summed E-state index contributed by atoms with van der Waals surface area (Å²) in [7, 11) is 0. The number of hydrogen-bond acceptors (Lipinski definition) is 5. The monoisotopic (exact) mass is 410 g/mol. The lowest BCUT2D eigenvalue weighted by Gasteiger charge is -2.35. The Morgan fingerprint density at radius 2 is 1.62 bits per heavy atom. The van der Waals surface area contributed by atoms with Gasteiger partial charge in [-0.25, -0.2) is 9.79 Å². The molecule has 9 heteroatoms. The van der Waals surface area contributed by atoms with E-state index >= 15 is 0 Å². The van der Waals surface area contributed by atoms with Crippen molar-refractivity contribution in [1.29, 1.82) is 0 Å². The van der Waals surface area contributed by atoms with E-state index in [-0.39, 0.29) is 18.5 Å². The Balaban J connectivity index is 1.68. The molecule has 0 radical (unpaired) electrons. The molecule has 0 saturated carbocycles. The Kier molecular flexibility index (Phi) is 9.00. The Bertz CT molecular complexity index is 561. The molecule has 2 heterocycles. The van der Waals surface area contributed by atoms with Crippen LogP contribution in [0.25, 0.3) is 0 Å². The molecule has 9 nitrogen and oxygen atoms in total. The molecular formula is C20H38N6O3. The summed E-state index contributed by atoms with van der Waals surface area (Å²) in [5, 5.41) is 6.49. The van der Waals surface area contributed by atoms with E-state index in [1.807, 2.05) is 32.6 Å². The highest BCUT2D eigenvalue weighted by Gasteiger charge is 2.25. The summed E-state index contributed by atoms with van der Waals surface area (Å²) < 4.78 is 5.44. The first-order valence-corrected chi connectivity index (χ1v) is 10.8. The first kappa shape index (κ1) is 23.3. The van der Waals surface area contributed by atoms with Crippen molar-refractivity contribution < 1.29 is 14.3 Å². The molecule has 2 N–H and O–H groups in total. The molecule has 2 amide bonds. The fourth-order valence-electron chi connectivity index (χ4n) is 3.37. The average molecular weight is 411 g/mol. The van der Waals surface area contributed by atoms with E-state index in [9.17, 15) is 9.59 Å². The molecule has 0 aromatic rings. The SMILES string of the molecule is CCNC(=NCC(=O)N1CCCC1)NCCN1CCN(C(=O)OC(C)(C)C)CC1. The van der Waals surface area contributed by atoms with Gasteiger partial charge in [-0.15, -0.1) is 0 Å². The van der Waals surface area contributed by atoms with E-state index in [2.05, 4.69) is 20.5 Å². The number of carbonyl (C=O) groups is 2. The number of carbonyl (C=O) groups excluding carboxylic acids is 2. The molecule has 2 saturated heterocycles. The third kappa shape index (κ3) is 8.47. The minimum Gasteiger partial charge on any atom is -0.444 e. The van der Waals surface area contributed by atoms with Crippen LogP contribution in [0.2, 0.25) is 0 Å². The lowest BCUT2D eigenvalue weighted by Crippen LogP contribution is -2.51. The number of rotatable bonds is 6. The third-order valence-electron chi connectivity index (χ3n) is 4.92. The summed E-state index contributed by atoms with van der Waals surface area (Å²) in [6.45, 7) is 14.9. The number of piperazine rings is 1. The topological polar surface area (TPSA) is 89.5 Å². The van der Waals surface area contributed by atoms with Gasteiger partial charge < -0.3 is 25.2 Å². The molecule has 166 valence electrons.